The van der Waals surface area contributed by atoms with Gasteiger partial charge in [-0.2, -0.15) is 5.10 Å². The van der Waals surface area contributed by atoms with Crippen molar-refractivity contribution >= 4 is 39.1 Å². The monoisotopic (exact) mass is 305 g/mol. The van der Waals surface area contributed by atoms with Crippen molar-refractivity contribution in [3.05, 3.63) is 39.7 Å². The van der Waals surface area contributed by atoms with Gasteiger partial charge in [-0.15, -0.1) is 11.6 Å². The minimum atomic E-state index is 0.353. The fraction of sp³-hybridized carbons (Fsp3) is 0.111. The standard InChI is InChI=1S/C9H6BrCl2N3/c10-8-4-6(5-11)15(14-8)9-7(12)2-1-3-13-9/h1-4H,5H2. The molecule has 0 bridgehead atoms. The molecule has 78 valence electrons. The summed E-state index contributed by atoms with van der Waals surface area (Å²) in [6, 6.07) is 5.36. The highest BCUT2D eigenvalue weighted by atomic mass is 79.9. The van der Waals surface area contributed by atoms with Gasteiger partial charge in [-0.1, -0.05) is 11.6 Å². The van der Waals surface area contributed by atoms with Gasteiger partial charge in [0, 0.05) is 6.20 Å². The third-order valence-electron chi connectivity index (χ3n) is 1.83. The van der Waals surface area contributed by atoms with Crippen LogP contribution in [-0.2, 0) is 5.88 Å². The van der Waals surface area contributed by atoms with Gasteiger partial charge < -0.3 is 0 Å². The Morgan fingerprint density at radius 2 is 2.27 bits per heavy atom. The van der Waals surface area contributed by atoms with E-state index in [1.54, 1.807) is 23.0 Å². The fourth-order valence-electron chi connectivity index (χ4n) is 1.20. The number of pyridine rings is 1. The molecule has 0 aliphatic rings. The molecule has 15 heavy (non-hydrogen) atoms. The predicted molar refractivity (Wildman–Crippen MR) is 63.6 cm³/mol. The molecule has 6 heteroatoms. The number of nitrogens with zero attached hydrogens (tertiary/aromatic N) is 3. The first-order chi connectivity index (χ1) is 7.22. The van der Waals surface area contributed by atoms with Gasteiger partial charge in [0.2, 0.25) is 0 Å². The van der Waals surface area contributed by atoms with Crippen LogP contribution in [0.4, 0.5) is 0 Å². The number of hydrogen-bond donors (Lipinski definition) is 0. The molecule has 0 aliphatic heterocycles. The normalized spacial score (nSPS) is 10.6. The Morgan fingerprint density at radius 1 is 1.47 bits per heavy atom. The third-order valence-corrected chi connectivity index (χ3v) is 2.79. The van der Waals surface area contributed by atoms with E-state index in [4.69, 9.17) is 23.2 Å². The summed E-state index contributed by atoms with van der Waals surface area (Å²) in [5.41, 5.74) is 0.837. The van der Waals surface area contributed by atoms with E-state index < -0.39 is 0 Å². The summed E-state index contributed by atoms with van der Waals surface area (Å²) < 4.78 is 2.33. The minimum absolute atomic E-state index is 0.353. The Kier molecular flexibility index (Phi) is 3.29. The van der Waals surface area contributed by atoms with E-state index >= 15 is 0 Å². The first-order valence-electron chi connectivity index (χ1n) is 4.13. The van der Waals surface area contributed by atoms with Gasteiger partial charge in [-0.3, -0.25) is 0 Å². The molecule has 0 amide bonds. The van der Waals surface area contributed by atoms with Gasteiger partial charge in [0.15, 0.2) is 5.82 Å². The highest BCUT2D eigenvalue weighted by molar-refractivity contribution is 9.10. The van der Waals surface area contributed by atoms with E-state index in [1.165, 1.54) is 0 Å². The van der Waals surface area contributed by atoms with Crippen molar-refractivity contribution in [3.63, 3.8) is 0 Å². The highest BCUT2D eigenvalue weighted by Crippen LogP contribution is 2.21. The number of rotatable bonds is 2. The van der Waals surface area contributed by atoms with Gasteiger partial charge in [0.1, 0.15) is 4.60 Å². The van der Waals surface area contributed by atoms with Crippen LogP contribution in [0.1, 0.15) is 5.69 Å². The molecular formula is C9H6BrCl2N3. The largest absolute Gasteiger partial charge is 0.236 e. The summed E-state index contributed by atoms with van der Waals surface area (Å²) in [6.45, 7) is 0. The minimum Gasteiger partial charge on any atom is -0.236 e. The molecule has 2 heterocycles. The van der Waals surface area contributed by atoms with E-state index in [0.717, 1.165) is 5.69 Å². The topological polar surface area (TPSA) is 30.7 Å². The van der Waals surface area contributed by atoms with Crippen LogP contribution in [0.2, 0.25) is 5.02 Å². The first-order valence-corrected chi connectivity index (χ1v) is 5.84. The van der Waals surface area contributed by atoms with E-state index in [2.05, 4.69) is 26.0 Å². The van der Waals surface area contributed by atoms with E-state index in [-0.39, 0.29) is 0 Å². The van der Waals surface area contributed by atoms with E-state index in [9.17, 15) is 0 Å². The second-order valence-electron chi connectivity index (χ2n) is 2.81. The lowest BCUT2D eigenvalue weighted by Crippen LogP contribution is -2.03. The zero-order valence-electron chi connectivity index (χ0n) is 7.49. The molecule has 0 N–H and O–H groups in total. The van der Waals surface area contributed by atoms with Crippen LogP contribution >= 0.6 is 39.1 Å². The van der Waals surface area contributed by atoms with Gasteiger partial charge in [-0.25, -0.2) is 9.67 Å². The molecule has 2 aromatic rings. The number of hydrogen-bond acceptors (Lipinski definition) is 2. The molecule has 2 aromatic heterocycles. The zero-order valence-corrected chi connectivity index (χ0v) is 10.6. The molecule has 3 nitrogen and oxygen atoms in total. The molecule has 0 saturated carbocycles. The molecule has 0 aliphatic carbocycles. The van der Waals surface area contributed by atoms with Crippen molar-refractivity contribution in [2.75, 3.05) is 0 Å². The molecule has 0 atom stereocenters. The maximum absolute atomic E-state index is 6.02. The Labute approximate surface area is 105 Å². The quantitative estimate of drug-likeness (QED) is 0.796. The van der Waals surface area contributed by atoms with Crippen LogP contribution in [-0.4, -0.2) is 14.8 Å². The zero-order chi connectivity index (χ0) is 10.8. The van der Waals surface area contributed by atoms with Crippen molar-refractivity contribution in [1.82, 2.24) is 14.8 Å². The summed E-state index contributed by atoms with van der Waals surface area (Å²) in [4.78, 5) is 4.16. The Hall–Kier alpha value is -0.580. The van der Waals surface area contributed by atoms with E-state index in [1.807, 2.05) is 6.07 Å². The van der Waals surface area contributed by atoms with Crippen LogP contribution in [0.25, 0.3) is 5.82 Å². The van der Waals surface area contributed by atoms with Crippen LogP contribution in [0, 0.1) is 0 Å². The summed E-state index contributed by atoms with van der Waals surface area (Å²) in [7, 11) is 0. The summed E-state index contributed by atoms with van der Waals surface area (Å²) in [6.07, 6.45) is 1.66. The second kappa shape index (κ2) is 4.51. The SMILES string of the molecule is ClCc1cc(Br)nn1-c1ncccc1Cl. The van der Waals surface area contributed by atoms with Crippen LogP contribution < -0.4 is 0 Å². The van der Waals surface area contributed by atoms with Crippen LogP contribution in [0.15, 0.2) is 29.0 Å². The number of halogens is 3. The first kappa shape index (κ1) is 10.9. The maximum Gasteiger partial charge on any atom is 0.172 e. The molecule has 0 aromatic carbocycles. The molecule has 0 unspecified atom stereocenters. The molecule has 0 saturated heterocycles. The second-order valence-corrected chi connectivity index (χ2v) is 4.30. The Bertz CT molecular complexity index is 484. The average molecular weight is 307 g/mol. The van der Waals surface area contributed by atoms with Gasteiger partial charge in [0.25, 0.3) is 0 Å². The van der Waals surface area contributed by atoms with Crippen molar-refractivity contribution in [3.8, 4) is 5.82 Å². The van der Waals surface area contributed by atoms with Crippen LogP contribution in [0.5, 0.6) is 0 Å². The fourth-order valence-corrected chi connectivity index (χ4v) is 2.01. The highest BCUT2D eigenvalue weighted by Gasteiger charge is 2.10. The summed E-state index contributed by atoms with van der Waals surface area (Å²) in [5, 5.41) is 4.76. The third kappa shape index (κ3) is 2.17. The Balaban J connectivity index is 2.58. The average Bonchev–Trinajstić information content (AvgIpc) is 2.60. The lowest BCUT2D eigenvalue weighted by atomic mass is 10.4. The molecule has 0 fully saturated rings. The van der Waals surface area contributed by atoms with E-state index in [0.29, 0.717) is 21.3 Å². The van der Waals surface area contributed by atoms with Crippen molar-refractivity contribution in [2.45, 2.75) is 5.88 Å². The molecule has 0 radical (unpaired) electrons. The van der Waals surface area contributed by atoms with Gasteiger partial charge in [-0.05, 0) is 34.1 Å². The molecular weight excluding hydrogens is 301 g/mol. The van der Waals surface area contributed by atoms with Crippen molar-refractivity contribution < 1.29 is 0 Å². The van der Waals surface area contributed by atoms with Crippen LogP contribution in [0.3, 0.4) is 0 Å². The lowest BCUT2D eigenvalue weighted by Gasteiger charge is -2.05. The summed E-state index contributed by atoms with van der Waals surface area (Å²) in [5.74, 6) is 0.936. The molecule has 0 spiro atoms. The summed E-state index contributed by atoms with van der Waals surface area (Å²) >= 11 is 15.1. The predicted octanol–water partition coefficient (Wildman–Crippen LogP) is 3.42. The Morgan fingerprint density at radius 3 is 2.93 bits per heavy atom. The lowest BCUT2D eigenvalue weighted by molar-refractivity contribution is 0.805. The van der Waals surface area contributed by atoms with Gasteiger partial charge >= 0.3 is 0 Å². The smallest absolute Gasteiger partial charge is 0.172 e. The number of alkyl halides is 1. The van der Waals surface area contributed by atoms with Crippen molar-refractivity contribution in [2.24, 2.45) is 0 Å². The van der Waals surface area contributed by atoms with Crippen molar-refractivity contribution in [1.29, 1.82) is 0 Å². The number of aromatic nitrogens is 3. The molecule has 2 rings (SSSR count). The van der Waals surface area contributed by atoms with Gasteiger partial charge in [0.05, 0.1) is 16.6 Å². The maximum atomic E-state index is 6.02.